The van der Waals surface area contributed by atoms with Crippen molar-refractivity contribution in [3.63, 3.8) is 0 Å². The van der Waals surface area contributed by atoms with Gasteiger partial charge in [0.05, 0.1) is 37.4 Å². The Bertz CT molecular complexity index is 1630. The molecule has 5 rings (SSSR count). The van der Waals surface area contributed by atoms with Crippen LogP contribution in [0.25, 0.3) is 15.9 Å². The number of aromatic nitrogens is 3. The van der Waals surface area contributed by atoms with Gasteiger partial charge < -0.3 is 18.9 Å². The zero-order valence-electron chi connectivity index (χ0n) is 22.6. The lowest BCUT2D eigenvalue weighted by molar-refractivity contribution is -0.0752. The molecule has 1 saturated heterocycles. The molecule has 1 atom stereocenters. The molecule has 0 unspecified atom stereocenters. The summed E-state index contributed by atoms with van der Waals surface area (Å²) in [6.07, 6.45) is 2.26. The third kappa shape index (κ3) is 5.45. The average molecular weight is 566 g/mol. The summed E-state index contributed by atoms with van der Waals surface area (Å²) in [6, 6.07) is 10.5. The van der Waals surface area contributed by atoms with Crippen LogP contribution in [0.4, 0.5) is 0 Å². The molecule has 210 valence electrons. The molecule has 0 N–H and O–H groups in total. The van der Waals surface area contributed by atoms with E-state index in [1.165, 1.54) is 29.7 Å². The molecular weight excluding hydrogens is 534 g/mol. The third-order valence-corrected chi connectivity index (χ3v) is 8.00. The zero-order valence-corrected chi connectivity index (χ0v) is 23.4. The van der Waals surface area contributed by atoms with Crippen molar-refractivity contribution in [2.45, 2.75) is 45.4 Å². The molecule has 1 aliphatic rings. The molecule has 4 heterocycles. The average Bonchev–Trinajstić information content (AvgIpc) is 3.37. The summed E-state index contributed by atoms with van der Waals surface area (Å²) in [7, 11) is 1.60. The molecule has 1 aromatic carbocycles. The minimum absolute atomic E-state index is 0.00841. The first-order valence-corrected chi connectivity index (χ1v) is 14.0. The maximum atomic E-state index is 14.1. The van der Waals surface area contributed by atoms with Crippen LogP contribution in [-0.2, 0) is 20.8 Å². The summed E-state index contributed by atoms with van der Waals surface area (Å²) >= 11 is 1.34. The van der Waals surface area contributed by atoms with Gasteiger partial charge in [0.25, 0.3) is 5.56 Å². The van der Waals surface area contributed by atoms with Crippen LogP contribution in [0.1, 0.15) is 47.5 Å². The maximum Gasteiger partial charge on any atom is 0.356 e. The number of para-hydroxylation sites is 1. The number of pyridine rings is 1. The number of hydrogen-bond acceptors (Lipinski definition) is 9. The van der Waals surface area contributed by atoms with Gasteiger partial charge in [-0.1, -0.05) is 18.2 Å². The number of esters is 1. The Balaban J connectivity index is 1.66. The van der Waals surface area contributed by atoms with Crippen LogP contribution in [0.3, 0.4) is 0 Å². The Morgan fingerprint density at radius 3 is 2.73 bits per heavy atom. The molecule has 3 aromatic heterocycles. The number of carbonyl (C=O) groups is 1. The van der Waals surface area contributed by atoms with Crippen LogP contribution in [0.15, 0.2) is 57.6 Å². The van der Waals surface area contributed by atoms with Crippen LogP contribution in [0.5, 0.6) is 5.75 Å². The number of thiophene rings is 1. The first-order chi connectivity index (χ1) is 19.4. The molecule has 0 spiro atoms. The number of rotatable bonds is 9. The minimum Gasteiger partial charge on any atom is -0.496 e. The first kappa shape index (κ1) is 27.8. The highest BCUT2D eigenvalue weighted by Gasteiger charge is 2.27. The van der Waals surface area contributed by atoms with E-state index in [9.17, 15) is 14.4 Å². The summed E-state index contributed by atoms with van der Waals surface area (Å²) < 4.78 is 25.5. The molecule has 0 bridgehead atoms. The second-order valence-electron chi connectivity index (χ2n) is 9.43. The van der Waals surface area contributed by atoms with Crippen LogP contribution >= 0.6 is 11.3 Å². The number of benzene rings is 1. The summed E-state index contributed by atoms with van der Waals surface area (Å²) in [5.41, 5.74) is 0.788. The topological polar surface area (TPSA) is 111 Å². The molecule has 40 heavy (non-hydrogen) atoms. The number of hydrogen-bond donors (Lipinski definition) is 0. The quantitative estimate of drug-likeness (QED) is 0.280. The summed E-state index contributed by atoms with van der Waals surface area (Å²) in [4.78, 5) is 44.8. The highest BCUT2D eigenvalue weighted by Crippen LogP contribution is 2.33. The van der Waals surface area contributed by atoms with E-state index in [0.717, 1.165) is 28.5 Å². The van der Waals surface area contributed by atoms with Crippen molar-refractivity contribution in [2.24, 2.45) is 0 Å². The Kier molecular flexibility index (Phi) is 8.43. The van der Waals surface area contributed by atoms with E-state index < -0.39 is 23.3 Å². The second kappa shape index (κ2) is 12.2. The summed E-state index contributed by atoms with van der Waals surface area (Å²) in [5.74, 6) is 0.0133. The lowest BCUT2D eigenvalue weighted by atomic mass is 10.1. The van der Waals surface area contributed by atoms with Crippen molar-refractivity contribution >= 4 is 27.5 Å². The monoisotopic (exact) mass is 565 g/mol. The van der Waals surface area contributed by atoms with Gasteiger partial charge in [-0.15, -0.1) is 11.3 Å². The largest absolute Gasteiger partial charge is 0.496 e. The Morgan fingerprint density at radius 2 is 1.98 bits per heavy atom. The van der Waals surface area contributed by atoms with Crippen molar-refractivity contribution in [3.05, 3.63) is 85.6 Å². The second-order valence-corrected chi connectivity index (χ2v) is 10.3. The van der Waals surface area contributed by atoms with Crippen molar-refractivity contribution in [3.8, 4) is 11.4 Å². The smallest absolute Gasteiger partial charge is 0.356 e. The van der Waals surface area contributed by atoms with Crippen LogP contribution in [-0.4, -0.2) is 53.1 Å². The number of ether oxygens (including phenoxy) is 4. The zero-order chi connectivity index (χ0) is 28.2. The van der Waals surface area contributed by atoms with E-state index in [2.05, 4.69) is 4.98 Å². The predicted molar refractivity (Wildman–Crippen MR) is 151 cm³/mol. The van der Waals surface area contributed by atoms with Crippen molar-refractivity contribution in [2.75, 3.05) is 26.9 Å². The fourth-order valence-electron chi connectivity index (χ4n) is 4.92. The van der Waals surface area contributed by atoms with E-state index in [0.29, 0.717) is 29.2 Å². The van der Waals surface area contributed by atoms with Crippen LogP contribution < -0.4 is 16.0 Å². The first-order valence-electron chi connectivity index (χ1n) is 13.2. The molecule has 10 nitrogen and oxygen atoms in total. The van der Waals surface area contributed by atoms with Crippen molar-refractivity contribution < 1.29 is 23.7 Å². The number of nitrogens with zero attached hydrogens (tertiary/aromatic N) is 3. The van der Waals surface area contributed by atoms with Gasteiger partial charge in [-0.3, -0.25) is 9.36 Å². The molecule has 0 radical (unpaired) electrons. The fraction of sp³-hybridized carbons (Fsp3) is 0.379. The standard InChI is InChI=1S/C29H31N3O7S/c1-4-38-28(34)22-15-19(9-12-30-22)32-26(33)25-18(2)17-40-27(25)31(29(32)35)16-24(39-20-10-13-37-14-11-20)21-7-5-6-8-23(21)36-3/h5-9,12,15,17,20,24H,4,10-11,13-14,16H2,1-3H3/t24-/m0/s1. The van der Waals surface area contributed by atoms with Gasteiger partial charge in [-0.25, -0.2) is 19.1 Å². The number of aryl methyl sites for hydroxylation is 1. The lowest BCUT2D eigenvalue weighted by Gasteiger charge is -2.29. The van der Waals surface area contributed by atoms with E-state index in [1.54, 1.807) is 18.6 Å². The van der Waals surface area contributed by atoms with Gasteiger partial charge >= 0.3 is 11.7 Å². The predicted octanol–water partition coefficient (Wildman–Crippen LogP) is 4.04. The van der Waals surface area contributed by atoms with Gasteiger partial charge in [0.1, 0.15) is 22.4 Å². The normalized spacial score (nSPS) is 14.8. The maximum absolute atomic E-state index is 14.1. The Morgan fingerprint density at radius 1 is 1.20 bits per heavy atom. The molecule has 0 saturated carbocycles. The molecule has 1 fully saturated rings. The van der Waals surface area contributed by atoms with Gasteiger partial charge in [-0.2, -0.15) is 0 Å². The van der Waals surface area contributed by atoms with E-state index in [4.69, 9.17) is 18.9 Å². The fourth-order valence-corrected chi connectivity index (χ4v) is 5.97. The van der Waals surface area contributed by atoms with Gasteiger partial charge in [0.15, 0.2) is 0 Å². The van der Waals surface area contributed by atoms with Gasteiger partial charge in [0, 0.05) is 25.0 Å². The lowest BCUT2D eigenvalue weighted by Crippen LogP contribution is -2.40. The summed E-state index contributed by atoms with van der Waals surface area (Å²) in [5, 5.41) is 2.30. The van der Waals surface area contributed by atoms with E-state index >= 15 is 0 Å². The van der Waals surface area contributed by atoms with Crippen LogP contribution in [0, 0.1) is 6.92 Å². The third-order valence-electron chi connectivity index (χ3n) is 6.89. The molecule has 1 aliphatic heterocycles. The molecule has 0 amide bonds. The molecule has 0 aliphatic carbocycles. The number of methoxy groups -OCH3 is 1. The minimum atomic E-state index is -0.633. The molecular formula is C29H31N3O7S. The molecule has 11 heteroatoms. The van der Waals surface area contributed by atoms with E-state index in [-0.39, 0.29) is 30.6 Å². The van der Waals surface area contributed by atoms with Crippen LogP contribution in [0.2, 0.25) is 0 Å². The van der Waals surface area contributed by atoms with Crippen molar-refractivity contribution in [1.82, 2.24) is 14.1 Å². The van der Waals surface area contributed by atoms with Crippen molar-refractivity contribution in [1.29, 1.82) is 0 Å². The van der Waals surface area contributed by atoms with Gasteiger partial charge in [0.2, 0.25) is 0 Å². The van der Waals surface area contributed by atoms with Gasteiger partial charge in [-0.05, 0) is 55.8 Å². The van der Waals surface area contributed by atoms with E-state index in [1.807, 2.05) is 36.6 Å². The summed E-state index contributed by atoms with van der Waals surface area (Å²) in [6.45, 7) is 5.06. The number of fused-ring (bicyclic) bond motifs is 1. The number of carbonyl (C=O) groups excluding carboxylic acids is 1. The highest BCUT2D eigenvalue weighted by atomic mass is 32.1. The highest BCUT2D eigenvalue weighted by molar-refractivity contribution is 7.17. The SMILES string of the molecule is CCOC(=O)c1cc(-n2c(=O)c3c(C)csc3n(C[C@H](OC3CCOCC3)c3ccccc3OC)c2=O)ccn1. The molecule has 4 aromatic rings. The Hall–Kier alpha value is -3.80. The Labute approximate surface area is 234 Å².